The Labute approximate surface area is 104 Å². The van der Waals surface area contributed by atoms with Crippen LogP contribution in [0, 0.1) is 17.8 Å². The van der Waals surface area contributed by atoms with Gasteiger partial charge in [0.15, 0.2) is 0 Å². The molecule has 0 spiro atoms. The number of nitrogens with two attached hydrogens (primary N) is 1. The minimum atomic E-state index is 0.0708. The van der Waals surface area contributed by atoms with E-state index in [0.29, 0.717) is 23.2 Å². The van der Waals surface area contributed by atoms with E-state index in [-0.39, 0.29) is 16.8 Å². The number of hydrogen-bond acceptors (Lipinski definition) is 3. The molecule has 0 bridgehead atoms. The summed E-state index contributed by atoms with van der Waals surface area (Å²) in [5.74, 6) is 1.98. The second kappa shape index (κ2) is 3.80. The Bertz CT molecular complexity index is 474. The Morgan fingerprint density at radius 2 is 2.24 bits per heavy atom. The smallest absolute Gasteiger partial charge is 0.229 e. The summed E-state index contributed by atoms with van der Waals surface area (Å²) in [6.07, 6.45) is 5.18. The number of nitrogens with zero attached hydrogens (tertiary/aromatic N) is 1. The number of H-pyrrole nitrogens is 1. The molecule has 17 heavy (non-hydrogen) atoms. The van der Waals surface area contributed by atoms with Gasteiger partial charge in [-0.3, -0.25) is 9.89 Å². The monoisotopic (exact) mass is 250 g/mol. The average molecular weight is 250 g/mol. The SMILES string of the molecule is NC(=S)c1cn[nH]c1NC(=O)C1C2CCCC21. The van der Waals surface area contributed by atoms with Crippen molar-refractivity contribution < 1.29 is 4.79 Å². The van der Waals surface area contributed by atoms with Crippen molar-refractivity contribution in [1.29, 1.82) is 0 Å². The van der Waals surface area contributed by atoms with Gasteiger partial charge < -0.3 is 11.1 Å². The van der Waals surface area contributed by atoms with Gasteiger partial charge in [0.1, 0.15) is 10.8 Å². The number of rotatable bonds is 3. The molecule has 3 rings (SSSR count). The topological polar surface area (TPSA) is 83.8 Å². The summed E-state index contributed by atoms with van der Waals surface area (Å²) < 4.78 is 0. The number of aromatic nitrogens is 2. The van der Waals surface area contributed by atoms with Gasteiger partial charge in [0.05, 0.1) is 11.8 Å². The Morgan fingerprint density at radius 3 is 2.88 bits per heavy atom. The van der Waals surface area contributed by atoms with E-state index in [1.807, 2.05) is 0 Å². The predicted molar refractivity (Wildman–Crippen MR) is 67.4 cm³/mol. The Hall–Kier alpha value is -1.43. The number of carbonyl (C=O) groups excluding carboxylic acids is 1. The van der Waals surface area contributed by atoms with Crippen molar-refractivity contribution in [3.05, 3.63) is 11.8 Å². The quantitative estimate of drug-likeness (QED) is 0.700. The molecule has 2 saturated carbocycles. The molecule has 4 N–H and O–H groups in total. The third kappa shape index (κ3) is 1.72. The lowest BCUT2D eigenvalue weighted by Crippen LogP contribution is -2.19. The van der Waals surface area contributed by atoms with E-state index in [0.717, 1.165) is 0 Å². The Kier molecular flexibility index (Phi) is 2.39. The van der Waals surface area contributed by atoms with Gasteiger partial charge in [-0.25, -0.2) is 0 Å². The fraction of sp³-hybridized carbons (Fsp3) is 0.545. The molecule has 2 aliphatic carbocycles. The summed E-state index contributed by atoms with van der Waals surface area (Å²) in [6, 6.07) is 0. The fourth-order valence-corrected chi connectivity index (χ4v) is 3.14. The van der Waals surface area contributed by atoms with Crippen LogP contribution in [0.3, 0.4) is 0 Å². The molecule has 1 amide bonds. The maximum absolute atomic E-state index is 12.0. The number of hydrogen-bond donors (Lipinski definition) is 3. The van der Waals surface area contributed by atoms with Crippen LogP contribution in [0.4, 0.5) is 5.82 Å². The number of amides is 1. The van der Waals surface area contributed by atoms with E-state index >= 15 is 0 Å². The maximum atomic E-state index is 12.0. The van der Waals surface area contributed by atoms with E-state index in [4.69, 9.17) is 18.0 Å². The molecular formula is C11H14N4OS. The molecule has 2 unspecified atom stereocenters. The second-order valence-corrected chi connectivity index (χ2v) is 5.24. The number of thiocarbonyl (C=S) groups is 1. The van der Waals surface area contributed by atoms with Crippen LogP contribution in [0.2, 0.25) is 0 Å². The summed E-state index contributed by atoms with van der Waals surface area (Å²) >= 11 is 4.88. The lowest BCUT2D eigenvalue weighted by atomic mass is 10.1. The van der Waals surface area contributed by atoms with Crippen LogP contribution in [0.1, 0.15) is 24.8 Å². The lowest BCUT2D eigenvalue weighted by Gasteiger charge is -2.06. The number of nitrogens with one attached hydrogen (secondary N) is 2. The average Bonchev–Trinajstić information content (AvgIpc) is 2.71. The number of anilines is 1. The summed E-state index contributed by atoms with van der Waals surface area (Å²) in [5.41, 5.74) is 6.13. The van der Waals surface area contributed by atoms with Crippen molar-refractivity contribution in [2.75, 3.05) is 5.32 Å². The van der Waals surface area contributed by atoms with Gasteiger partial charge in [-0.15, -0.1) is 0 Å². The van der Waals surface area contributed by atoms with Gasteiger partial charge in [-0.1, -0.05) is 18.6 Å². The Balaban J connectivity index is 1.69. The number of fused-ring (bicyclic) bond motifs is 1. The van der Waals surface area contributed by atoms with E-state index in [1.165, 1.54) is 25.5 Å². The highest BCUT2D eigenvalue weighted by atomic mass is 32.1. The largest absolute Gasteiger partial charge is 0.389 e. The second-order valence-electron chi connectivity index (χ2n) is 4.80. The zero-order valence-electron chi connectivity index (χ0n) is 9.27. The first-order chi connectivity index (χ1) is 8.18. The molecule has 2 atom stereocenters. The maximum Gasteiger partial charge on any atom is 0.229 e. The molecule has 2 fully saturated rings. The predicted octanol–water partition coefficient (Wildman–Crippen LogP) is 1.03. The van der Waals surface area contributed by atoms with E-state index in [1.54, 1.807) is 0 Å². The molecule has 1 heterocycles. The molecular weight excluding hydrogens is 236 g/mol. The van der Waals surface area contributed by atoms with E-state index < -0.39 is 0 Å². The minimum absolute atomic E-state index is 0.0708. The molecule has 2 aliphatic rings. The first-order valence-corrected chi connectivity index (χ1v) is 6.23. The molecule has 0 radical (unpaired) electrons. The van der Waals surface area contributed by atoms with Crippen LogP contribution in [0.25, 0.3) is 0 Å². The highest BCUT2D eigenvalue weighted by Crippen LogP contribution is 2.57. The molecule has 0 aliphatic heterocycles. The van der Waals surface area contributed by atoms with Gasteiger partial charge in [0.25, 0.3) is 0 Å². The van der Waals surface area contributed by atoms with Crippen LogP contribution in [-0.2, 0) is 4.79 Å². The zero-order valence-corrected chi connectivity index (χ0v) is 10.1. The number of carbonyl (C=O) groups is 1. The molecule has 5 nitrogen and oxygen atoms in total. The zero-order chi connectivity index (χ0) is 12.0. The summed E-state index contributed by atoms with van der Waals surface area (Å²) in [5, 5.41) is 9.40. The van der Waals surface area contributed by atoms with Gasteiger partial charge in [-0.2, -0.15) is 5.10 Å². The van der Waals surface area contributed by atoms with E-state index in [2.05, 4.69) is 15.5 Å². The highest BCUT2D eigenvalue weighted by Gasteiger charge is 2.56. The molecule has 1 aromatic rings. The molecule has 1 aromatic heterocycles. The van der Waals surface area contributed by atoms with Gasteiger partial charge in [-0.05, 0) is 24.7 Å². The fourth-order valence-electron chi connectivity index (χ4n) is 2.99. The Morgan fingerprint density at radius 1 is 1.53 bits per heavy atom. The third-order valence-electron chi connectivity index (χ3n) is 3.86. The van der Waals surface area contributed by atoms with E-state index in [9.17, 15) is 4.79 Å². The molecule has 6 heteroatoms. The van der Waals surface area contributed by atoms with Gasteiger partial charge in [0, 0.05) is 5.92 Å². The van der Waals surface area contributed by atoms with Crippen molar-refractivity contribution in [2.45, 2.75) is 19.3 Å². The summed E-state index contributed by atoms with van der Waals surface area (Å²) in [6.45, 7) is 0. The minimum Gasteiger partial charge on any atom is -0.389 e. The number of aromatic amines is 1. The standard InChI is InChI=1S/C11H14N4OS/c12-9(17)7-4-13-15-10(7)14-11(16)8-5-2-1-3-6(5)8/h4-6,8H,1-3H2,(H2,12,17)(H2,13,14,15,16). The molecule has 0 saturated heterocycles. The third-order valence-corrected chi connectivity index (χ3v) is 4.08. The first kappa shape index (κ1) is 10.7. The molecule has 0 aromatic carbocycles. The normalized spacial score (nSPS) is 29.8. The lowest BCUT2D eigenvalue weighted by molar-refractivity contribution is -0.118. The first-order valence-electron chi connectivity index (χ1n) is 5.82. The van der Waals surface area contributed by atoms with Crippen LogP contribution in [-0.4, -0.2) is 21.1 Å². The van der Waals surface area contributed by atoms with Crippen molar-refractivity contribution in [2.24, 2.45) is 23.5 Å². The van der Waals surface area contributed by atoms with Crippen LogP contribution >= 0.6 is 12.2 Å². The molecule has 90 valence electrons. The van der Waals surface area contributed by atoms with Crippen molar-refractivity contribution in [3.63, 3.8) is 0 Å². The summed E-state index contributed by atoms with van der Waals surface area (Å²) in [4.78, 5) is 12.3. The van der Waals surface area contributed by atoms with Crippen LogP contribution in [0.5, 0.6) is 0 Å². The van der Waals surface area contributed by atoms with Crippen molar-refractivity contribution in [3.8, 4) is 0 Å². The van der Waals surface area contributed by atoms with Crippen molar-refractivity contribution in [1.82, 2.24) is 10.2 Å². The van der Waals surface area contributed by atoms with Gasteiger partial charge in [0.2, 0.25) is 5.91 Å². The van der Waals surface area contributed by atoms with Crippen LogP contribution < -0.4 is 11.1 Å². The van der Waals surface area contributed by atoms with Gasteiger partial charge >= 0.3 is 0 Å². The van der Waals surface area contributed by atoms with Crippen molar-refractivity contribution >= 4 is 28.9 Å². The highest BCUT2D eigenvalue weighted by molar-refractivity contribution is 7.80. The van der Waals surface area contributed by atoms with Crippen LogP contribution in [0.15, 0.2) is 6.20 Å². The summed E-state index contributed by atoms with van der Waals surface area (Å²) in [7, 11) is 0.